The quantitative estimate of drug-likeness (QED) is 0.0351. The second kappa shape index (κ2) is 33.7. The van der Waals surface area contributed by atoms with Crippen molar-refractivity contribution < 1.29 is 57.2 Å². The highest BCUT2D eigenvalue weighted by Crippen LogP contribution is 2.37. The third kappa shape index (κ3) is 24.7. The van der Waals surface area contributed by atoms with Crippen molar-refractivity contribution in [3.8, 4) is 34.5 Å². The lowest BCUT2D eigenvalue weighted by Gasteiger charge is -2.19. The van der Waals surface area contributed by atoms with Gasteiger partial charge < -0.3 is 68.3 Å². The van der Waals surface area contributed by atoms with Gasteiger partial charge in [0, 0.05) is 50.3 Å². The van der Waals surface area contributed by atoms with Gasteiger partial charge in [-0.25, -0.2) is 0 Å². The maximum Gasteiger partial charge on any atom is 0.233 e. The molecule has 0 saturated heterocycles. The zero-order valence-corrected chi connectivity index (χ0v) is 45.1. The Labute approximate surface area is 442 Å². The second-order valence-corrected chi connectivity index (χ2v) is 18.7. The van der Waals surface area contributed by atoms with Gasteiger partial charge in [-0.2, -0.15) is 15.0 Å². The van der Waals surface area contributed by atoms with Crippen molar-refractivity contribution in [2.24, 2.45) is 0 Å². The average molecular weight is 1040 g/mol. The molecule has 0 amide bonds. The van der Waals surface area contributed by atoms with E-state index in [0.717, 1.165) is 6.42 Å². The molecule has 18 heteroatoms. The number of benzene rings is 3. The highest BCUT2D eigenvalue weighted by atomic mass is 16.5. The van der Waals surface area contributed by atoms with Crippen LogP contribution in [0, 0.1) is 0 Å². The number of nitrogens with one attached hydrogen (secondary N) is 3. The van der Waals surface area contributed by atoms with E-state index in [-0.39, 0.29) is 52.5 Å². The molecule has 0 fully saturated rings. The fourth-order valence-corrected chi connectivity index (χ4v) is 7.43. The number of ketones is 6. The monoisotopic (exact) mass is 1040 g/mol. The largest absolute Gasteiger partial charge is 0.494 e. The molecular formula is C57H78N6O12. The van der Waals surface area contributed by atoms with Crippen molar-refractivity contribution in [2.45, 2.75) is 164 Å². The lowest BCUT2D eigenvalue weighted by Crippen LogP contribution is -2.24. The summed E-state index contributed by atoms with van der Waals surface area (Å²) < 4.78 is 37.3. The third-order valence-corrected chi connectivity index (χ3v) is 11.4. The fourth-order valence-electron chi connectivity index (χ4n) is 7.43. The maximum absolute atomic E-state index is 12.6. The molecule has 0 aliphatic carbocycles. The van der Waals surface area contributed by atoms with Gasteiger partial charge in [-0.15, -0.1) is 0 Å². The summed E-state index contributed by atoms with van der Waals surface area (Å²) in [5.74, 6) is 3.53. The Balaban J connectivity index is 1.82. The van der Waals surface area contributed by atoms with Gasteiger partial charge in [-0.1, -0.05) is 13.3 Å². The molecule has 0 spiro atoms. The zero-order chi connectivity index (χ0) is 54.4. The Kier molecular flexibility index (Phi) is 27.1. The number of hydrogen-bond donors (Lipinski definition) is 3. The molecule has 1 atom stereocenters. The minimum Gasteiger partial charge on any atom is -0.494 e. The Bertz CT molecular complexity index is 2370. The molecule has 0 bridgehead atoms. The van der Waals surface area contributed by atoms with Gasteiger partial charge in [-0.05, 0) is 149 Å². The number of Topliss-reactive ketones (excluding diaryl/α,β-unsaturated/α-hetero) is 6. The van der Waals surface area contributed by atoms with Crippen LogP contribution < -0.4 is 44.4 Å². The van der Waals surface area contributed by atoms with Crippen LogP contribution in [0.2, 0.25) is 0 Å². The molecular weight excluding hydrogens is 961 g/mol. The van der Waals surface area contributed by atoms with Crippen molar-refractivity contribution >= 4 is 69.6 Å². The van der Waals surface area contributed by atoms with Crippen LogP contribution in [-0.2, 0) is 28.8 Å². The molecule has 0 radical (unpaired) electrons. The normalized spacial score (nSPS) is 11.2. The number of anilines is 6. The lowest BCUT2D eigenvalue weighted by molar-refractivity contribution is -0.124. The number of hydrogen-bond acceptors (Lipinski definition) is 18. The summed E-state index contributed by atoms with van der Waals surface area (Å²) in [6.07, 6.45) is 9.48. The van der Waals surface area contributed by atoms with Crippen LogP contribution in [0.15, 0.2) is 54.6 Å². The molecule has 408 valence electrons. The van der Waals surface area contributed by atoms with Crippen molar-refractivity contribution in [3.05, 3.63) is 54.6 Å². The van der Waals surface area contributed by atoms with Gasteiger partial charge in [-0.3, -0.25) is 4.79 Å². The van der Waals surface area contributed by atoms with Crippen LogP contribution in [0.1, 0.15) is 158 Å². The van der Waals surface area contributed by atoms with E-state index < -0.39 is 6.10 Å². The van der Waals surface area contributed by atoms with Crippen LogP contribution in [0.3, 0.4) is 0 Å². The zero-order valence-electron chi connectivity index (χ0n) is 45.1. The first kappa shape index (κ1) is 60.4. The first-order chi connectivity index (χ1) is 36.1. The number of ether oxygens (including phenoxy) is 6. The molecule has 4 aromatic rings. The predicted octanol–water partition coefficient (Wildman–Crippen LogP) is 11.9. The molecule has 4 rings (SSSR count). The molecule has 0 saturated carbocycles. The number of nitrogens with zero attached hydrogens (tertiary/aromatic N) is 3. The third-order valence-electron chi connectivity index (χ3n) is 11.4. The van der Waals surface area contributed by atoms with Gasteiger partial charge in [0.25, 0.3) is 0 Å². The summed E-state index contributed by atoms with van der Waals surface area (Å²) in [5, 5.41) is 9.99. The average Bonchev–Trinajstić information content (AvgIpc) is 3.34. The standard InChI is InChI=1S/C57H78N6O12/c1-8-19-51(44(7)69)75-47-27-30-54(74-35-18-13-24-43(6)68)50(38-47)60-57-62-55(58-48-36-45(70-31-14-9-20-39(2)64)25-28-52(48)72-33-16-11-22-41(4)66)61-56(63-57)59-49-37-46(71-32-15-10-21-40(3)65)26-29-53(49)73-34-17-12-23-42(5)67/h25-30,36-38,51H,8-24,31-35H2,1-7H3,(H3,58,59,60,61,62,63). The van der Waals surface area contributed by atoms with Gasteiger partial charge in [0.15, 0.2) is 11.9 Å². The van der Waals surface area contributed by atoms with Gasteiger partial charge in [0.05, 0.1) is 50.1 Å². The van der Waals surface area contributed by atoms with E-state index in [1.807, 2.05) is 6.92 Å². The topological polar surface area (TPSA) is 233 Å². The SMILES string of the molecule is CCCC(Oc1ccc(OCCCCC(C)=O)c(Nc2nc(Nc3cc(OCCCCC(C)=O)ccc3OCCCCC(C)=O)nc(Nc3cc(OCCCCC(C)=O)ccc3OCCCCC(C)=O)n2)c1)C(C)=O. The molecule has 1 heterocycles. The minimum atomic E-state index is -0.665. The summed E-state index contributed by atoms with van der Waals surface area (Å²) in [6.45, 7) is 13.0. The van der Waals surface area contributed by atoms with Gasteiger partial charge in [0.1, 0.15) is 63.4 Å². The summed E-state index contributed by atoms with van der Waals surface area (Å²) in [6, 6.07) is 15.9. The molecule has 75 heavy (non-hydrogen) atoms. The first-order valence-corrected chi connectivity index (χ1v) is 26.4. The molecule has 0 aliphatic heterocycles. The van der Waals surface area contributed by atoms with E-state index in [1.165, 1.54) is 6.92 Å². The molecule has 0 aliphatic rings. The number of unbranched alkanes of at least 4 members (excludes halogenated alkanes) is 5. The van der Waals surface area contributed by atoms with Crippen molar-refractivity contribution in [3.63, 3.8) is 0 Å². The van der Waals surface area contributed by atoms with E-state index in [1.54, 1.807) is 89.2 Å². The molecule has 1 unspecified atom stereocenters. The van der Waals surface area contributed by atoms with E-state index in [2.05, 4.69) is 16.0 Å². The summed E-state index contributed by atoms with van der Waals surface area (Å²) in [7, 11) is 0. The van der Waals surface area contributed by atoms with Crippen LogP contribution in [-0.4, -0.2) is 88.8 Å². The van der Waals surface area contributed by atoms with Gasteiger partial charge in [0.2, 0.25) is 17.8 Å². The van der Waals surface area contributed by atoms with E-state index >= 15 is 0 Å². The lowest BCUT2D eigenvalue weighted by atomic mass is 10.1. The highest BCUT2D eigenvalue weighted by molar-refractivity contribution is 5.81. The highest BCUT2D eigenvalue weighted by Gasteiger charge is 2.19. The number of aromatic nitrogens is 3. The number of rotatable bonds is 41. The maximum atomic E-state index is 12.6. The Morgan fingerprint density at radius 3 is 1.00 bits per heavy atom. The van der Waals surface area contributed by atoms with Crippen LogP contribution in [0.4, 0.5) is 34.9 Å². The number of carbonyl (C=O) groups excluding carboxylic acids is 6. The predicted molar refractivity (Wildman–Crippen MR) is 289 cm³/mol. The minimum absolute atomic E-state index is 0.0689. The van der Waals surface area contributed by atoms with E-state index in [4.69, 9.17) is 43.4 Å². The van der Waals surface area contributed by atoms with Crippen molar-refractivity contribution in [2.75, 3.05) is 49.0 Å². The van der Waals surface area contributed by atoms with Gasteiger partial charge >= 0.3 is 0 Å². The second-order valence-electron chi connectivity index (χ2n) is 18.7. The molecule has 1 aromatic heterocycles. The summed E-state index contributed by atoms with van der Waals surface area (Å²) >= 11 is 0. The number of carbonyl (C=O) groups is 6. The first-order valence-electron chi connectivity index (χ1n) is 26.4. The van der Waals surface area contributed by atoms with E-state index in [0.29, 0.717) is 187 Å². The smallest absolute Gasteiger partial charge is 0.233 e. The molecule has 3 aromatic carbocycles. The Hall–Kier alpha value is -7.11. The Morgan fingerprint density at radius 2 is 0.707 bits per heavy atom. The summed E-state index contributed by atoms with van der Waals surface area (Å²) in [5.41, 5.74) is 1.36. The Morgan fingerprint density at radius 1 is 0.413 bits per heavy atom. The fraction of sp³-hybridized carbons (Fsp3) is 0.526. The van der Waals surface area contributed by atoms with Crippen molar-refractivity contribution in [1.82, 2.24) is 15.0 Å². The van der Waals surface area contributed by atoms with Crippen LogP contribution >= 0.6 is 0 Å². The summed E-state index contributed by atoms with van der Waals surface area (Å²) in [4.78, 5) is 85.3. The van der Waals surface area contributed by atoms with Crippen LogP contribution in [0.25, 0.3) is 0 Å². The molecule has 3 N–H and O–H groups in total. The van der Waals surface area contributed by atoms with E-state index in [9.17, 15) is 28.8 Å². The van der Waals surface area contributed by atoms with Crippen LogP contribution in [0.5, 0.6) is 34.5 Å². The van der Waals surface area contributed by atoms with Crippen molar-refractivity contribution in [1.29, 1.82) is 0 Å². The molecule has 18 nitrogen and oxygen atoms in total.